The molecule has 2 nitrogen and oxygen atoms in total. The lowest BCUT2D eigenvalue weighted by molar-refractivity contribution is 0.443. The molecule has 1 N–H and O–H groups in total. The molecular weight excluding hydrogens is 220 g/mol. The standard InChI is InChI=1S/C16H26N2/c1-6-18(7-2)14(5)16-10-8-15(9-11-16)12-17-13(3)4/h8-11,13,17H,5-7,12H2,1-4H3. The fraction of sp³-hybridized carbons (Fsp3) is 0.500. The number of nitrogens with zero attached hydrogens (tertiary/aromatic N) is 1. The molecule has 0 aliphatic heterocycles. The van der Waals surface area contributed by atoms with Gasteiger partial charge in [0, 0.05) is 31.4 Å². The van der Waals surface area contributed by atoms with Crippen molar-refractivity contribution in [1.82, 2.24) is 10.2 Å². The maximum atomic E-state index is 4.18. The van der Waals surface area contributed by atoms with E-state index in [0.29, 0.717) is 6.04 Å². The van der Waals surface area contributed by atoms with E-state index in [4.69, 9.17) is 0 Å². The Balaban J connectivity index is 2.67. The number of hydrogen-bond donors (Lipinski definition) is 1. The first-order chi connectivity index (χ1) is 8.58. The van der Waals surface area contributed by atoms with Crippen molar-refractivity contribution >= 4 is 5.70 Å². The van der Waals surface area contributed by atoms with Crippen molar-refractivity contribution in [2.45, 2.75) is 40.3 Å². The van der Waals surface area contributed by atoms with Crippen LogP contribution in [0.5, 0.6) is 0 Å². The molecule has 0 heterocycles. The van der Waals surface area contributed by atoms with E-state index in [0.717, 1.165) is 25.3 Å². The fourth-order valence-electron chi connectivity index (χ4n) is 1.92. The smallest absolute Gasteiger partial charge is 0.0366 e. The van der Waals surface area contributed by atoms with Gasteiger partial charge in [0.1, 0.15) is 0 Å². The third-order valence-electron chi connectivity index (χ3n) is 3.15. The molecule has 0 bridgehead atoms. The summed E-state index contributed by atoms with van der Waals surface area (Å²) in [7, 11) is 0. The van der Waals surface area contributed by atoms with Crippen LogP contribution in [0.25, 0.3) is 5.70 Å². The van der Waals surface area contributed by atoms with Crippen LogP contribution in [0, 0.1) is 0 Å². The second kappa shape index (κ2) is 7.22. The Morgan fingerprint density at radius 1 is 1.17 bits per heavy atom. The molecule has 0 spiro atoms. The molecule has 0 radical (unpaired) electrons. The Morgan fingerprint density at radius 3 is 2.17 bits per heavy atom. The van der Waals surface area contributed by atoms with Crippen molar-refractivity contribution in [1.29, 1.82) is 0 Å². The average molecular weight is 246 g/mol. The van der Waals surface area contributed by atoms with Gasteiger partial charge in [-0.25, -0.2) is 0 Å². The molecule has 0 fully saturated rings. The normalized spacial score (nSPS) is 10.7. The Kier molecular flexibility index (Phi) is 5.93. The van der Waals surface area contributed by atoms with E-state index in [9.17, 15) is 0 Å². The molecule has 0 saturated heterocycles. The fourth-order valence-corrected chi connectivity index (χ4v) is 1.92. The molecule has 1 aromatic carbocycles. The second-order valence-corrected chi connectivity index (χ2v) is 4.85. The van der Waals surface area contributed by atoms with Crippen LogP contribution in [-0.2, 0) is 6.54 Å². The SMILES string of the molecule is C=C(c1ccc(CNC(C)C)cc1)N(CC)CC. The van der Waals surface area contributed by atoms with Gasteiger partial charge in [-0.05, 0) is 25.0 Å². The minimum atomic E-state index is 0.523. The topological polar surface area (TPSA) is 15.3 Å². The van der Waals surface area contributed by atoms with Gasteiger partial charge in [0.05, 0.1) is 0 Å². The highest BCUT2D eigenvalue weighted by Crippen LogP contribution is 2.17. The van der Waals surface area contributed by atoms with E-state index in [2.05, 4.69) is 68.8 Å². The Morgan fingerprint density at radius 2 is 1.72 bits per heavy atom. The molecule has 18 heavy (non-hydrogen) atoms. The maximum Gasteiger partial charge on any atom is 0.0366 e. The van der Waals surface area contributed by atoms with Crippen LogP contribution >= 0.6 is 0 Å². The third kappa shape index (κ3) is 4.19. The first kappa shape index (κ1) is 14.8. The molecule has 100 valence electrons. The van der Waals surface area contributed by atoms with Crippen LogP contribution in [0.4, 0.5) is 0 Å². The first-order valence-corrected chi connectivity index (χ1v) is 6.85. The zero-order valence-corrected chi connectivity index (χ0v) is 12.2. The van der Waals surface area contributed by atoms with Gasteiger partial charge in [-0.1, -0.05) is 44.7 Å². The molecule has 0 aliphatic carbocycles. The number of nitrogens with one attached hydrogen (secondary N) is 1. The number of rotatable bonds is 7. The highest BCUT2D eigenvalue weighted by Gasteiger charge is 2.05. The highest BCUT2D eigenvalue weighted by molar-refractivity contribution is 5.62. The second-order valence-electron chi connectivity index (χ2n) is 4.85. The van der Waals surface area contributed by atoms with Crippen molar-refractivity contribution in [3.63, 3.8) is 0 Å². The molecule has 0 aliphatic rings. The quantitative estimate of drug-likeness (QED) is 0.792. The zero-order valence-electron chi connectivity index (χ0n) is 12.2. The molecule has 1 aromatic rings. The number of benzene rings is 1. The van der Waals surface area contributed by atoms with E-state index < -0.39 is 0 Å². The summed E-state index contributed by atoms with van der Waals surface area (Å²) in [6.45, 7) is 15.8. The highest BCUT2D eigenvalue weighted by atomic mass is 15.1. The van der Waals surface area contributed by atoms with E-state index in [-0.39, 0.29) is 0 Å². The predicted octanol–water partition coefficient (Wildman–Crippen LogP) is 3.50. The largest absolute Gasteiger partial charge is 0.372 e. The van der Waals surface area contributed by atoms with Crippen LogP contribution < -0.4 is 5.32 Å². The predicted molar refractivity (Wildman–Crippen MR) is 80.4 cm³/mol. The monoisotopic (exact) mass is 246 g/mol. The minimum Gasteiger partial charge on any atom is -0.372 e. The van der Waals surface area contributed by atoms with Gasteiger partial charge in [-0.15, -0.1) is 0 Å². The number of hydrogen-bond acceptors (Lipinski definition) is 2. The van der Waals surface area contributed by atoms with Crippen molar-refractivity contribution in [2.75, 3.05) is 13.1 Å². The van der Waals surface area contributed by atoms with Crippen LogP contribution in [0.2, 0.25) is 0 Å². The van der Waals surface area contributed by atoms with E-state index in [1.54, 1.807) is 0 Å². The molecule has 0 aromatic heterocycles. The lowest BCUT2D eigenvalue weighted by Crippen LogP contribution is -2.22. The average Bonchev–Trinajstić information content (AvgIpc) is 2.38. The van der Waals surface area contributed by atoms with Gasteiger partial charge in [0.25, 0.3) is 0 Å². The summed E-state index contributed by atoms with van der Waals surface area (Å²) in [4.78, 5) is 2.28. The third-order valence-corrected chi connectivity index (χ3v) is 3.15. The first-order valence-electron chi connectivity index (χ1n) is 6.85. The molecular formula is C16H26N2. The molecule has 2 heteroatoms. The van der Waals surface area contributed by atoms with Crippen molar-refractivity contribution < 1.29 is 0 Å². The summed E-state index contributed by atoms with van der Waals surface area (Å²) in [5.41, 5.74) is 3.65. The summed E-state index contributed by atoms with van der Waals surface area (Å²) in [5, 5.41) is 3.42. The van der Waals surface area contributed by atoms with E-state index in [1.807, 2.05) is 0 Å². The van der Waals surface area contributed by atoms with Gasteiger partial charge in [-0.3, -0.25) is 0 Å². The van der Waals surface area contributed by atoms with E-state index >= 15 is 0 Å². The summed E-state index contributed by atoms with van der Waals surface area (Å²) in [5.74, 6) is 0. The van der Waals surface area contributed by atoms with Crippen LogP contribution in [0.3, 0.4) is 0 Å². The van der Waals surface area contributed by atoms with Crippen LogP contribution in [-0.4, -0.2) is 24.0 Å². The van der Waals surface area contributed by atoms with E-state index in [1.165, 1.54) is 11.1 Å². The van der Waals surface area contributed by atoms with Gasteiger partial charge >= 0.3 is 0 Å². The summed E-state index contributed by atoms with van der Waals surface area (Å²) in [6, 6.07) is 9.21. The van der Waals surface area contributed by atoms with Crippen molar-refractivity contribution in [3.05, 3.63) is 42.0 Å². The van der Waals surface area contributed by atoms with Gasteiger partial charge in [-0.2, -0.15) is 0 Å². The molecule has 0 atom stereocenters. The Hall–Kier alpha value is -1.28. The Labute approximate surface area is 112 Å². The summed E-state index contributed by atoms with van der Waals surface area (Å²) < 4.78 is 0. The van der Waals surface area contributed by atoms with Crippen molar-refractivity contribution in [3.8, 4) is 0 Å². The molecule has 0 unspecified atom stereocenters. The molecule has 1 rings (SSSR count). The lowest BCUT2D eigenvalue weighted by atomic mass is 10.1. The zero-order chi connectivity index (χ0) is 13.5. The summed E-state index contributed by atoms with van der Waals surface area (Å²) in [6.07, 6.45) is 0. The lowest BCUT2D eigenvalue weighted by Gasteiger charge is -2.23. The summed E-state index contributed by atoms with van der Waals surface area (Å²) >= 11 is 0. The van der Waals surface area contributed by atoms with Gasteiger partial charge in [0.2, 0.25) is 0 Å². The molecule has 0 saturated carbocycles. The molecule has 0 amide bonds. The van der Waals surface area contributed by atoms with Crippen LogP contribution in [0.15, 0.2) is 30.8 Å². The van der Waals surface area contributed by atoms with Crippen molar-refractivity contribution in [2.24, 2.45) is 0 Å². The Bertz CT molecular complexity index is 361. The minimum absolute atomic E-state index is 0.523. The van der Waals surface area contributed by atoms with Gasteiger partial charge < -0.3 is 10.2 Å². The maximum absolute atomic E-state index is 4.18. The van der Waals surface area contributed by atoms with Gasteiger partial charge in [0.15, 0.2) is 0 Å². The van der Waals surface area contributed by atoms with Crippen LogP contribution in [0.1, 0.15) is 38.8 Å².